The Hall–Kier alpha value is -0.200. The van der Waals surface area contributed by atoms with Gasteiger partial charge in [-0.15, -0.1) is 11.3 Å². The molecule has 94 valence electrons. The maximum absolute atomic E-state index is 10.5. The predicted molar refractivity (Wildman–Crippen MR) is 80.7 cm³/mol. The van der Waals surface area contributed by atoms with E-state index >= 15 is 0 Å². The lowest BCUT2D eigenvalue weighted by atomic mass is 10.00. The minimum atomic E-state index is -0.513. The number of hydrogen-bond acceptors (Lipinski definition) is 3. The minimum absolute atomic E-state index is 0.0151. The van der Waals surface area contributed by atoms with Crippen LogP contribution in [0.4, 0.5) is 0 Å². The molecule has 5 heteroatoms. The normalized spacial score (nSPS) is 19.8. The van der Waals surface area contributed by atoms with E-state index < -0.39 is 6.10 Å². The molecule has 1 aromatic heterocycles. The molecule has 0 fully saturated rings. The second-order valence-corrected chi connectivity index (χ2v) is 7.53. The smallest absolute Gasteiger partial charge is 0.108 e. The van der Waals surface area contributed by atoms with Crippen LogP contribution in [-0.2, 0) is 6.54 Å². The summed E-state index contributed by atoms with van der Waals surface area (Å²) in [5, 5.41) is 13.9. The van der Waals surface area contributed by atoms with Gasteiger partial charge in [0.25, 0.3) is 0 Å². The number of aliphatic hydroxyl groups excluding tert-OH is 1. The fraction of sp³-hybridized carbons (Fsp3) is 0.231. The summed E-state index contributed by atoms with van der Waals surface area (Å²) in [4.78, 5) is 0.961. The van der Waals surface area contributed by atoms with E-state index in [9.17, 15) is 5.11 Å². The Morgan fingerprint density at radius 1 is 1.33 bits per heavy atom. The van der Waals surface area contributed by atoms with Gasteiger partial charge in [0.05, 0.1) is 9.83 Å². The Bertz CT molecular complexity index is 565. The van der Waals surface area contributed by atoms with Crippen molar-refractivity contribution >= 4 is 43.2 Å². The number of halogens is 2. The Kier molecular flexibility index (Phi) is 3.60. The topological polar surface area (TPSA) is 32.3 Å². The molecule has 2 unspecified atom stereocenters. The molecular weight excluding hydrogens is 378 g/mol. The van der Waals surface area contributed by atoms with Gasteiger partial charge in [-0.3, -0.25) is 0 Å². The predicted octanol–water partition coefficient (Wildman–Crippen LogP) is 4.15. The van der Waals surface area contributed by atoms with Crippen LogP contribution >= 0.6 is 43.2 Å². The van der Waals surface area contributed by atoms with E-state index in [0.717, 1.165) is 19.7 Å². The van der Waals surface area contributed by atoms with Crippen molar-refractivity contribution in [1.82, 2.24) is 5.32 Å². The van der Waals surface area contributed by atoms with Crippen molar-refractivity contribution in [2.45, 2.75) is 18.7 Å². The SMILES string of the molecule is OC(c1cc(Br)c(Br)s1)C1NCc2ccccc21. The Morgan fingerprint density at radius 3 is 2.83 bits per heavy atom. The first kappa shape index (κ1) is 12.8. The van der Waals surface area contributed by atoms with Crippen LogP contribution in [0.5, 0.6) is 0 Å². The molecule has 18 heavy (non-hydrogen) atoms. The molecule has 2 heterocycles. The van der Waals surface area contributed by atoms with Gasteiger partial charge in [0.2, 0.25) is 0 Å². The molecule has 0 radical (unpaired) electrons. The van der Waals surface area contributed by atoms with Crippen molar-refractivity contribution < 1.29 is 5.11 Å². The molecule has 3 rings (SSSR count). The fourth-order valence-electron chi connectivity index (χ4n) is 2.28. The molecule has 2 nitrogen and oxygen atoms in total. The molecule has 0 saturated heterocycles. The summed E-state index contributed by atoms with van der Waals surface area (Å²) in [5.74, 6) is 0. The molecule has 0 aliphatic carbocycles. The number of benzene rings is 1. The van der Waals surface area contributed by atoms with E-state index in [1.807, 2.05) is 18.2 Å². The Balaban J connectivity index is 1.92. The molecule has 1 aliphatic heterocycles. The summed E-state index contributed by atoms with van der Waals surface area (Å²) in [6, 6.07) is 10.2. The van der Waals surface area contributed by atoms with Gasteiger partial charge in [-0.05, 0) is 49.1 Å². The largest absolute Gasteiger partial charge is 0.386 e. The van der Waals surface area contributed by atoms with Gasteiger partial charge in [-0.1, -0.05) is 24.3 Å². The number of aliphatic hydroxyl groups is 1. The zero-order valence-corrected chi connectivity index (χ0v) is 13.3. The van der Waals surface area contributed by atoms with Crippen LogP contribution in [0.3, 0.4) is 0 Å². The molecule has 0 amide bonds. The van der Waals surface area contributed by atoms with Crippen LogP contribution in [0.1, 0.15) is 28.1 Å². The molecule has 2 aromatic rings. The molecular formula is C13H11Br2NOS. The minimum Gasteiger partial charge on any atom is -0.386 e. The zero-order chi connectivity index (χ0) is 12.7. The summed E-state index contributed by atoms with van der Waals surface area (Å²) in [7, 11) is 0. The van der Waals surface area contributed by atoms with Gasteiger partial charge in [0.1, 0.15) is 6.10 Å². The first-order valence-electron chi connectivity index (χ1n) is 5.61. The van der Waals surface area contributed by atoms with E-state index in [2.05, 4.69) is 49.3 Å². The second-order valence-electron chi connectivity index (χ2n) is 4.27. The molecule has 2 N–H and O–H groups in total. The summed E-state index contributed by atoms with van der Waals surface area (Å²) in [6.45, 7) is 0.825. The van der Waals surface area contributed by atoms with Crippen molar-refractivity contribution in [3.63, 3.8) is 0 Å². The van der Waals surface area contributed by atoms with Crippen LogP contribution in [-0.4, -0.2) is 5.11 Å². The lowest BCUT2D eigenvalue weighted by molar-refractivity contribution is 0.137. The van der Waals surface area contributed by atoms with Crippen LogP contribution < -0.4 is 5.32 Å². The standard InChI is InChI=1S/C13H11Br2NOS/c14-9-5-10(18-13(9)15)12(17)11-8-4-2-1-3-7(8)6-16-11/h1-5,11-12,16-17H,6H2. The molecule has 0 bridgehead atoms. The third-order valence-corrected chi connectivity index (χ3v) is 6.50. The van der Waals surface area contributed by atoms with E-state index in [0.29, 0.717) is 0 Å². The Labute approximate surface area is 126 Å². The number of nitrogens with one attached hydrogen (secondary N) is 1. The van der Waals surface area contributed by atoms with Gasteiger partial charge in [0.15, 0.2) is 0 Å². The van der Waals surface area contributed by atoms with Gasteiger partial charge in [-0.2, -0.15) is 0 Å². The van der Waals surface area contributed by atoms with Crippen LogP contribution in [0.2, 0.25) is 0 Å². The van der Waals surface area contributed by atoms with Crippen molar-refractivity contribution in [2.75, 3.05) is 0 Å². The van der Waals surface area contributed by atoms with Gasteiger partial charge in [-0.25, -0.2) is 0 Å². The number of fused-ring (bicyclic) bond motifs is 1. The van der Waals surface area contributed by atoms with Crippen LogP contribution in [0.25, 0.3) is 0 Å². The fourth-order valence-corrected chi connectivity index (χ4v) is 4.40. The summed E-state index contributed by atoms with van der Waals surface area (Å²) < 4.78 is 2.01. The first-order valence-corrected chi connectivity index (χ1v) is 8.01. The molecule has 0 saturated carbocycles. The molecule has 2 atom stereocenters. The number of hydrogen-bond donors (Lipinski definition) is 2. The quantitative estimate of drug-likeness (QED) is 0.809. The highest BCUT2D eigenvalue weighted by molar-refractivity contribution is 9.13. The lowest BCUT2D eigenvalue weighted by Gasteiger charge is -2.18. The number of thiophene rings is 1. The van der Waals surface area contributed by atoms with Crippen LogP contribution in [0.15, 0.2) is 38.6 Å². The van der Waals surface area contributed by atoms with E-state index in [4.69, 9.17) is 0 Å². The Morgan fingerprint density at radius 2 is 2.11 bits per heavy atom. The van der Waals surface area contributed by atoms with E-state index in [1.54, 1.807) is 11.3 Å². The average molecular weight is 389 g/mol. The van der Waals surface area contributed by atoms with Crippen molar-refractivity contribution in [3.8, 4) is 0 Å². The summed E-state index contributed by atoms with van der Waals surface area (Å²) in [5.41, 5.74) is 2.47. The lowest BCUT2D eigenvalue weighted by Crippen LogP contribution is -2.19. The van der Waals surface area contributed by atoms with Gasteiger partial charge < -0.3 is 10.4 Å². The monoisotopic (exact) mass is 387 g/mol. The third-order valence-electron chi connectivity index (χ3n) is 3.17. The zero-order valence-electron chi connectivity index (χ0n) is 9.36. The second kappa shape index (κ2) is 5.06. The molecule has 1 aromatic carbocycles. The highest BCUT2D eigenvalue weighted by atomic mass is 79.9. The van der Waals surface area contributed by atoms with Crippen molar-refractivity contribution in [2.24, 2.45) is 0 Å². The maximum Gasteiger partial charge on any atom is 0.108 e. The van der Waals surface area contributed by atoms with E-state index in [1.165, 1.54) is 11.1 Å². The van der Waals surface area contributed by atoms with Crippen LogP contribution in [0, 0.1) is 0 Å². The number of rotatable bonds is 2. The average Bonchev–Trinajstić information content (AvgIpc) is 2.93. The summed E-state index contributed by atoms with van der Waals surface area (Å²) >= 11 is 8.49. The van der Waals surface area contributed by atoms with Crippen molar-refractivity contribution in [1.29, 1.82) is 0 Å². The molecule has 1 aliphatic rings. The maximum atomic E-state index is 10.5. The van der Waals surface area contributed by atoms with Gasteiger partial charge in [0, 0.05) is 15.9 Å². The first-order chi connectivity index (χ1) is 8.66. The van der Waals surface area contributed by atoms with Crippen molar-refractivity contribution in [3.05, 3.63) is 54.6 Å². The van der Waals surface area contributed by atoms with E-state index in [-0.39, 0.29) is 6.04 Å². The van der Waals surface area contributed by atoms with Gasteiger partial charge >= 0.3 is 0 Å². The highest BCUT2D eigenvalue weighted by Crippen LogP contribution is 2.41. The highest BCUT2D eigenvalue weighted by Gasteiger charge is 2.30. The molecule has 0 spiro atoms. The third kappa shape index (κ3) is 2.18. The summed E-state index contributed by atoms with van der Waals surface area (Å²) in [6.07, 6.45) is -0.513.